The van der Waals surface area contributed by atoms with Crippen LogP contribution in [0.25, 0.3) is 10.2 Å². The number of aliphatic hydroxyl groups is 1. The first-order chi connectivity index (χ1) is 9.19. The van der Waals surface area contributed by atoms with E-state index >= 15 is 0 Å². The summed E-state index contributed by atoms with van der Waals surface area (Å²) in [7, 11) is 1.81. The highest BCUT2D eigenvalue weighted by atomic mass is 32.1. The van der Waals surface area contributed by atoms with Crippen LogP contribution < -0.4 is 4.90 Å². The van der Waals surface area contributed by atoms with Gasteiger partial charge in [0, 0.05) is 19.0 Å². The summed E-state index contributed by atoms with van der Waals surface area (Å²) >= 11 is 1.38. The molecule has 0 aliphatic carbocycles. The van der Waals surface area contributed by atoms with E-state index in [0.717, 1.165) is 4.83 Å². The summed E-state index contributed by atoms with van der Waals surface area (Å²) in [5.41, 5.74) is 0.474. The van der Waals surface area contributed by atoms with Crippen molar-refractivity contribution in [2.45, 2.75) is 6.92 Å². The van der Waals surface area contributed by atoms with Crippen LogP contribution in [-0.2, 0) is 4.74 Å². The predicted octanol–water partition coefficient (Wildman–Crippen LogP) is 1.30. The minimum atomic E-state index is -0.373. The van der Waals surface area contributed by atoms with Gasteiger partial charge >= 0.3 is 5.97 Å². The highest BCUT2D eigenvalue weighted by Gasteiger charge is 2.19. The van der Waals surface area contributed by atoms with Crippen molar-refractivity contribution in [3.63, 3.8) is 0 Å². The van der Waals surface area contributed by atoms with Crippen LogP contribution in [0.3, 0.4) is 0 Å². The smallest absolute Gasteiger partial charge is 0.339 e. The Bertz CT molecular complexity index is 585. The van der Waals surface area contributed by atoms with E-state index in [4.69, 9.17) is 9.84 Å². The number of thiophene rings is 1. The number of carbonyl (C=O) groups is 1. The number of nitrogens with zero attached hydrogens (tertiary/aromatic N) is 3. The molecule has 6 nitrogen and oxygen atoms in total. The summed E-state index contributed by atoms with van der Waals surface area (Å²) in [6.45, 7) is 2.54. The van der Waals surface area contributed by atoms with E-state index < -0.39 is 0 Å². The van der Waals surface area contributed by atoms with E-state index in [1.165, 1.54) is 17.7 Å². The Kier molecular flexibility index (Phi) is 4.28. The Hall–Kier alpha value is -1.73. The zero-order valence-corrected chi connectivity index (χ0v) is 11.6. The van der Waals surface area contributed by atoms with Crippen molar-refractivity contribution >= 4 is 33.3 Å². The van der Waals surface area contributed by atoms with Gasteiger partial charge in [0.2, 0.25) is 0 Å². The molecule has 0 unspecified atom stereocenters. The normalized spacial score (nSPS) is 10.7. The largest absolute Gasteiger partial charge is 0.462 e. The number of likely N-dealkylation sites (N-methyl/N-ethyl adjacent to an activating group) is 1. The molecule has 19 heavy (non-hydrogen) atoms. The summed E-state index contributed by atoms with van der Waals surface area (Å²) in [6, 6.07) is 0. The number of rotatable bonds is 5. The van der Waals surface area contributed by atoms with Crippen molar-refractivity contribution in [1.82, 2.24) is 9.97 Å². The summed E-state index contributed by atoms with van der Waals surface area (Å²) in [6.07, 6.45) is 1.46. The molecule has 0 saturated carbocycles. The Morgan fingerprint density at radius 2 is 2.32 bits per heavy atom. The molecule has 0 fully saturated rings. The van der Waals surface area contributed by atoms with Crippen molar-refractivity contribution in [3.05, 3.63) is 17.3 Å². The summed E-state index contributed by atoms with van der Waals surface area (Å²) in [4.78, 5) is 22.8. The standard InChI is InChI=1S/C12H15N3O3S/c1-3-18-12(17)8-6-19-11-9(8)10(13-7-14-11)15(2)4-5-16/h6-7,16H,3-5H2,1-2H3. The van der Waals surface area contributed by atoms with Crippen LogP contribution in [0.1, 0.15) is 17.3 Å². The molecule has 7 heteroatoms. The summed E-state index contributed by atoms with van der Waals surface area (Å²) in [5, 5.41) is 11.4. The molecule has 0 aliphatic heterocycles. The molecule has 0 aromatic carbocycles. The molecule has 2 aromatic heterocycles. The van der Waals surface area contributed by atoms with E-state index in [0.29, 0.717) is 29.9 Å². The lowest BCUT2D eigenvalue weighted by atomic mass is 10.2. The Balaban J connectivity index is 2.52. The quantitative estimate of drug-likeness (QED) is 0.832. The highest BCUT2D eigenvalue weighted by molar-refractivity contribution is 7.17. The lowest BCUT2D eigenvalue weighted by Crippen LogP contribution is -2.22. The van der Waals surface area contributed by atoms with E-state index in [1.54, 1.807) is 17.2 Å². The molecular formula is C12H15N3O3S. The fourth-order valence-electron chi connectivity index (χ4n) is 1.76. The van der Waals surface area contributed by atoms with Crippen LogP contribution in [0, 0.1) is 0 Å². The molecule has 102 valence electrons. The van der Waals surface area contributed by atoms with Crippen LogP contribution in [0.2, 0.25) is 0 Å². The molecule has 0 atom stereocenters. The fourth-order valence-corrected chi connectivity index (χ4v) is 2.63. The number of aromatic nitrogens is 2. The number of anilines is 1. The Morgan fingerprint density at radius 1 is 1.53 bits per heavy atom. The summed E-state index contributed by atoms with van der Waals surface area (Å²) < 4.78 is 5.03. The van der Waals surface area contributed by atoms with Crippen molar-refractivity contribution < 1.29 is 14.6 Å². The molecule has 0 spiro atoms. The van der Waals surface area contributed by atoms with Gasteiger partial charge in [-0.25, -0.2) is 14.8 Å². The minimum absolute atomic E-state index is 0.0148. The van der Waals surface area contributed by atoms with Gasteiger partial charge in [-0.3, -0.25) is 0 Å². The number of hydrogen-bond acceptors (Lipinski definition) is 7. The number of carbonyl (C=O) groups excluding carboxylic acids is 1. The average Bonchev–Trinajstić information content (AvgIpc) is 2.83. The van der Waals surface area contributed by atoms with Gasteiger partial charge in [0.05, 0.1) is 24.2 Å². The number of esters is 1. The van der Waals surface area contributed by atoms with E-state index in [1.807, 2.05) is 7.05 Å². The number of hydrogen-bond donors (Lipinski definition) is 1. The van der Waals surface area contributed by atoms with Gasteiger partial charge in [0.15, 0.2) is 0 Å². The van der Waals surface area contributed by atoms with Crippen molar-refractivity contribution in [1.29, 1.82) is 0 Å². The van der Waals surface area contributed by atoms with Crippen molar-refractivity contribution in [2.24, 2.45) is 0 Å². The lowest BCUT2D eigenvalue weighted by Gasteiger charge is -2.17. The van der Waals surface area contributed by atoms with Gasteiger partial charge in [0.1, 0.15) is 17.0 Å². The maximum Gasteiger partial charge on any atom is 0.339 e. The molecule has 0 radical (unpaired) electrons. The third-order valence-electron chi connectivity index (χ3n) is 2.64. The average molecular weight is 281 g/mol. The number of fused-ring (bicyclic) bond motifs is 1. The highest BCUT2D eigenvalue weighted by Crippen LogP contribution is 2.31. The molecule has 0 aliphatic rings. The second kappa shape index (κ2) is 5.94. The molecule has 0 amide bonds. The zero-order chi connectivity index (χ0) is 13.8. The van der Waals surface area contributed by atoms with Gasteiger partial charge in [-0.2, -0.15) is 0 Å². The molecule has 0 bridgehead atoms. The first-order valence-electron chi connectivity index (χ1n) is 5.90. The Morgan fingerprint density at radius 3 is 3.00 bits per heavy atom. The third-order valence-corrected chi connectivity index (χ3v) is 3.53. The van der Waals surface area contributed by atoms with Crippen LogP contribution in [0.5, 0.6) is 0 Å². The second-order valence-electron chi connectivity index (χ2n) is 3.89. The molecule has 1 N–H and O–H groups in total. The minimum Gasteiger partial charge on any atom is -0.462 e. The molecule has 2 aromatic rings. The Labute approximate surface area is 114 Å². The molecular weight excluding hydrogens is 266 g/mol. The van der Waals surface area contributed by atoms with Crippen molar-refractivity contribution in [2.75, 3.05) is 31.7 Å². The van der Waals surface area contributed by atoms with Crippen molar-refractivity contribution in [3.8, 4) is 0 Å². The lowest BCUT2D eigenvalue weighted by molar-refractivity contribution is 0.0529. The summed E-state index contributed by atoms with van der Waals surface area (Å²) in [5.74, 6) is 0.255. The number of ether oxygens (including phenoxy) is 1. The van der Waals surface area contributed by atoms with Crippen LogP contribution in [0.4, 0.5) is 5.82 Å². The molecule has 2 heterocycles. The monoisotopic (exact) mass is 281 g/mol. The van der Waals surface area contributed by atoms with E-state index in [9.17, 15) is 4.79 Å². The third kappa shape index (κ3) is 2.66. The maximum absolute atomic E-state index is 11.9. The van der Waals surface area contributed by atoms with Crippen LogP contribution >= 0.6 is 11.3 Å². The predicted molar refractivity (Wildman–Crippen MR) is 73.7 cm³/mol. The SMILES string of the molecule is CCOC(=O)c1csc2ncnc(N(C)CCO)c12. The van der Waals surface area contributed by atoms with Gasteiger partial charge in [0.25, 0.3) is 0 Å². The first-order valence-corrected chi connectivity index (χ1v) is 6.78. The first kappa shape index (κ1) is 13.7. The van der Waals surface area contributed by atoms with Crippen LogP contribution in [0.15, 0.2) is 11.7 Å². The molecule has 2 rings (SSSR count). The van der Waals surface area contributed by atoms with Gasteiger partial charge in [-0.1, -0.05) is 0 Å². The zero-order valence-electron chi connectivity index (χ0n) is 10.8. The topological polar surface area (TPSA) is 75.5 Å². The molecule has 0 saturated heterocycles. The van der Waals surface area contributed by atoms with Gasteiger partial charge in [-0.15, -0.1) is 11.3 Å². The van der Waals surface area contributed by atoms with Gasteiger partial charge < -0.3 is 14.7 Å². The van der Waals surface area contributed by atoms with E-state index in [2.05, 4.69) is 9.97 Å². The maximum atomic E-state index is 11.9. The number of aliphatic hydroxyl groups excluding tert-OH is 1. The van der Waals surface area contributed by atoms with E-state index in [-0.39, 0.29) is 12.6 Å². The fraction of sp³-hybridized carbons (Fsp3) is 0.417. The van der Waals surface area contributed by atoms with Gasteiger partial charge in [-0.05, 0) is 6.92 Å². The van der Waals surface area contributed by atoms with Crippen LogP contribution in [-0.4, -0.2) is 47.8 Å². The second-order valence-corrected chi connectivity index (χ2v) is 4.75.